The van der Waals surface area contributed by atoms with Crippen LogP contribution in [-0.4, -0.2) is 61.9 Å². The number of nitrogens with two attached hydrogens (primary N) is 1. The van der Waals surface area contributed by atoms with Gasteiger partial charge < -0.3 is 15.6 Å². The van der Waals surface area contributed by atoms with Gasteiger partial charge in [0, 0.05) is 19.6 Å². The van der Waals surface area contributed by atoms with E-state index in [2.05, 4.69) is 0 Å². The zero-order valence-corrected chi connectivity index (χ0v) is 8.94. The molecule has 88 valence electrons. The molecule has 1 fully saturated rings. The molecule has 0 aromatic rings. The van der Waals surface area contributed by atoms with E-state index in [4.69, 9.17) is 15.6 Å². The lowest BCUT2D eigenvalue weighted by Crippen LogP contribution is -2.49. The zero-order valence-electron chi connectivity index (χ0n) is 8.13. The first kappa shape index (κ1) is 12.4. The third-order valence-corrected chi connectivity index (χ3v) is 3.79. The molecule has 1 rings (SSSR count). The summed E-state index contributed by atoms with van der Waals surface area (Å²) in [4.78, 5) is 10.3. The van der Waals surface area contributed by atoms with Gasteiger partial charge in [-0.3, -0.25) is 4.79 Å². The van der Waals surface area contributed by atoms with Gasteiger partial charge in [0.2, 0.25) is 10.0 Å². The normalized spacial score (nSPS) is 23.9. The first-order chi connectivity index (χ1) is 6.95. The summed E-state index contributed by atoms with van der Waals surface area (Å²) >= 11 is 0. The fourth-order valence-corrected chi connectivity index (χ4v) is 2.58. The van der Waals surface area contributed by atoms with Gasteiger partial charge in [-0.25, -0.2) is 8.42 Å². The minimum Gasteiger partial charge on any atom is -0.480 e. The van der Waals surface area contributed by atoms with Gasteiger partial charge in [0.15, 0.2) is 5.75 Å². The summed E-state index contributed by atoms with van der Waals surface area (Å²) in [6, 6.07) is 0. The van der Waals surface area contributed by atoms with Crippen molar-refractivity contribution in [2.75, 3.05) is 32.0 Å². The molecule has 0 aromatic heterocycles. The monoisotopic (exact) mass is 238 g/mol. The second-order valence-electron chi connectivity index (χ2n) is 3.24. The van der Waals surface area contributed by atoms with E-state index >= 15 is 0 Å². The number of rotatable bonds is 4. The highest BCUT2D eigenvalue weighted by atomic mass is 32.2. The maximum absolute atomic E-state index is 11.5. The maximum atomic E-state index is 11.5. The molecule has 0 spiro atoms. The van der Waals surface area contributed by atoms with E-state index in [1.165, 1.54) is 0 Å². The number of aliphatic carboxylic acids is 1. The van der Waals surface area contributed by atoms with Crippen LogP contribution in [-0.2, 0) is 19.6 Å². The third kappa shape index (κ3) is 3.42. The highest BCUT2D eigenvalue weighted by Crippen LogP contribution is 2.09. The quantitative estimate of drug-likeness (QED) is 0.589. The van der Waals surface area contributed by atoms with Crippen LogP contribution in [0.1, 0.15) is 0 Å². The first-order valence-electron chi connectivity index (χ1n) is 4.47. The molecule has 1 aliphatic heterocycles. The molecule has 1 aliphatic rings. The fourth-order valence-electron chi connectivity index (χ4n) is 1.33. The van der Waals surface area contributed by atoms with E-state index in [1.54, 1.807) is 0 Å². The number of hydrogen-bond acceptors (Lipinski definition) is 5. The van der Waals surface area contributed by atoms with Crippen molar-refractivity contribution in [3.05, 3.63) is 0 Å². The van der Waals surface area contributed by atoms with E-state index in [9.17, 15) is 13.2 Å². The summed E-state index contributed by atoms with van der Waals surface area (Å²) in [7, 11) is -3.73. The number of nitrogens with zero attached hydrogens (tertiary/aromatic N) is 1. The van der Waals surface area contributed by atoms with Crippen LogP contribution in [0.5, 0.6) is 0 Å². The highest BCUT2D eigenvalue weighted by Gasteiger charge is 2.30. The minimum absolute atomic E-state index is 0.131. The van der Waals surface area contributed by atoms with Crippen molar-refractivity contribution in [3.63, 3.8) is 0 Å². The predicted molar refractivity (Wildman–Crippen MR) is 51.8 cm³/mol. The Labute approximate surface area is 87.9 Å². The summed E-state index contributed by atoms with van der Waals surface area (Å²) in [6.45, 7) is 0.790. The first-order valence-corrected chi connectivity index (χ1v) is 6.08. The molecule has 1 unspecified atom stereocenters. The molecule has 8 heteroatoms. The van der Waals surface area contributed by atoms with Crippen LogP contribution in [0.25, 0.3) is 0 Å². The van der Waals surface area contributed by atoms with Crippen LogP contribution < -0.4 is 5.73 Å². The number of hydrogen-bond donors (Lipinski definition) is 2. The molecule has 0 amide bonds. The van der Waals surface area contributed by atoms with Crippen molar-refractivity contribution in [2.24, 2.45) is 5.73 Å². The van der Waals surface area contributed by atoms with Crippen LogP contribution in [0.4, 0.5) is 0 Å². The molecule has 0 bridgehead atoms. The largest absolute Gasteiger partial charge is 0.480 e. The SMILES string of the molecule is NCC1CN(S(=O)(=O)CC(=O)O)CCO1. The van der Waals surface area contributed by atoms with Crippen molar-refractivity contribution in [1.29, 1.82) is 0 Å². The van der Waals surface area contributed by atoms with Crippen LogP contribution in [0, 0.1) is 0 Å². The Morgan fingerprint density at radius 1 is 1.60 bits per heavy atom. The summed E-state index contributed by atoms with van der Waals surface area (Å²) in [5, 5.41) is 8.44. The van der Waals surface area contributed by atoms with Crippen molar-refractivity contribution >= 4 is 16.0 Å². The van der Waals surface area contributed by atoms with E-state index < -0.39 is 21.7 Å². The lowest BCUT2D eigenvalue weighted by molar-refractivity contribution is -0.134. The van der Waals surface area contributed by atoms with Gasteiger partial charge in [-0.1, -0.05) is 0 Å². The average molecular weight is 238 g/mol. The maximum Gasteiger partial charge on any atom is 0.320 e. The van der Waals surface area contributed by atoms with Gasteiger partial charge in [-0.15, -0.1) is 0 Å². The van der Waals surface area contributed by atoms with E-state index in [0.717, 1.165) is 4.31 Å². The molecular weight excluding hydrogens is 224 g/mol. The van der Waals surface area contributed by atoms with Crippen LogP contribution in [0.3, 0.4) is 0 Å². The summed E-state index contributed by atoms with van der Waals surface area (Å²) in [5.74, 6) is -2.24. The second kappa shape index (κ2) is 4.88. The van der Waals surface area contributed by atoms with Crippen molar-refractivity contribution < 1.29 is 23.1 Å². The van der Waals surface area contributed by atoms with Crippen LogP contribution in [0.15, 0.2) is 0 Å². The second-order valence-corrected chi connectivity index (χ2v) is 5.21. The molecule has 0 aliphatic carbocycles. The summed E-state index contributed by atoms with van der Waals surface area (Å²) in [6.07, 6.45) is -0.345. The van der Waals surface area contributed by atoms with Crippen LogP contribution >= 0.6 is 0 Å². The minimum atomic E-state index is -3.73. The van der Waals surface area contributed by atoms with Gasteiger partial charge in [0.05, 0.1) is 12.7 Å². The Morgan fingerprint density at radius 2 is 2.27 bits per heavy atom. The van der Waals surface area contributed by atoms with Gasteiger partial charge in [0.1, 0.15) is 0 Å². The number of carbonyl (C=O) groups is 1. The Hall–Kier alpha value is -0.700. The number of ether oxygens (including phenoxy) is 1. The molecule has 3 N–H and O–H groups in total. The number of sulfonamides is 1. The molecule has 1 heterocycles. The molecule has 7 nitrogen and oxygen atoms in total. The molecule has 15 heavy (non-hydrogen) atoms. The molecule has 1 atom stereocenters. The number of carboxylic acids is 1. The molecule has 0 radical (unpaired) electrons. The fraction of sp³-hybridized carbons (Fsp3) is 0.857. The van der Waals surface area contributed by atoms with Crippen molar-refractivity contribution in [3.8, 4) is 0 Å². The Bertz CT molecular complexity index is 328. The standard InChI is InChI=1S/C7H14N2O5S/c8-3-6-4-9(1-2-14-6)15(12,13)5-7(10)11/h6H,1-5,8H2,(H,10,11). The lowest BCUT2D eigenvalue weighted by atomic mass is 10.3. The van der Waals surface area contributed by atoms with Crippen LogP contribution in [0.2, 0.25) is 0 Å². The lowest BCUT2D eigenvalue weighted by Gasteiger charge is -2.30. The Morgan fingerprint density at radius 3 is 2.80 bits per heavy atom. The van der Waals surface area contributed by atoms with Gasteiger partial charge in [-0.2, -0.15) is 4.31 Å². The van der Waals surface area contributed by atoms with E-state index in [-0.39, 0.29) is 32.3 Å². The van der Waals surface area contributed by atoms with Gasteiger partial charge in [-0.05, 0) is 0 Å². The Balaban J connectivity index is 2.66. The van der Waals surface area contributed by atoms with Crippen molar-refractivity contribution in [2.45, 2.75) is 6.10 Å². The predicted octanol–water partition coefficient (Wildman–Crippen LogP) is -1.94. The topological polar surface area (TPSA) is 110 Å². The van der Waals surface area contributed by atoms with Gasteiger partial charge >= 0.3 is 5.97 Å². The smallest absolute Gasteiger partial charge is 0.320 e. The molecule has 0 aromatic carbocycles. The highest BCUT2D eigenvalue weighted by molar-refractivity contribution is 7.89. The van der Waals surface area contributed by atoms with Gasteiger partial charge in [0.25, 0.3) is 0 Å². The van der Waals surface area contributed by atoms with E-state index in [0.29, 0.717) is 0 Å². The summed E-state index contributed by atoms with van der Waals surface area (Å²) in [5.41, 5.74) is 5.35. The molecule has 1 saturated heterocycles. The zero-order chi connectivity index (χ0) is 11.5. The third-order valence-electron chi connectivity index (χ3n) is 2.06. The molecular formula is C7H14N2O5S. The average Bonchev–Trinajstić information content (AvgIpc) is 2.16. The van der Waals surface area contributed by atoms with Crippen molar-refractivity contribution in [1.82, 2.24) is 4.31 Å². The number of carboxylic acid groups (broad SMARTS) is 1. The van der Waals surface area contributed by atoms with E-state index in [1.807, 2.05) is 0 Å². The molecule has 0 saturated carbocycles. The summed E-state index contributed by atoms with van der Waals surface area (Å²) < 4.78 is 29.3. The Kier molecular flexibility index (Phi) is 4.03. The number of morpholine rings is 1.